The monoisotopic (exact) mass is 683 g/mol. The molecule has 2 aromatic rings. The van der Waals surface area contributed by atoms with Crippen molar-refractivity contribution in [2.24, 2.45) is 0 Å². The molecule has 0 radical (unpaired) electrons. The van der Waals surface area contributed by atoms with Gasteiger partial charge in [0.15, 0.2) is 6.73 Å². The van der Waals surface area contributed by atoms with E-state index in [1.54, 1.807) is 12.1 Å². The predicted molar refractivity (Wildman–Crippen MR) is 175 cm³/mol. The SMILES string of the molecule is CCN(CC)CCN(CC)C(=O)CCCCCOc1cc(C(C)C)c2c(c1)S(=O)(=O)N(COC(=O)c1c(Cl)cccc1Cl)C2=O. The Morgan fingerprint density at radius 1 is 0.956 bits per heavy atom. The van der Waals surface area contributed by atoms with E-state index in [1.807, 2.05) is 25.7 Å². The van der Waals surface area contributed by atoms with E-state index in [0.717, 1.165) is 39.0 Å². The Kier molecular flexibility index (Phi) is 13.5. The van der Waals surface area contributed by atoms with Crippen molar-refractivity contribution in [2.75, 3.05) is 46.1 Å². The highest BCUT2D eigenvalue weighted by molar-refractivity contribution is 7.90. The number of hydrogen-bond donors (Lipinski definition) is 0. The second kappa shape index (κ2) is 16.6. The van der Waals surface area contributed by atoms with Gasteiger partial charge in [-0.25, -0.2) is 13.2 Å². The highest BCUT2D eigenvalue weighted by Gasteiger charge is 2.44. The zero-order chi connectivity index (χ0) is 33.3. The minimum atomic E-state index is -4.33. The van der Waals surface area contributed by atoms with E-state index in [4.69, 9.17) is 32.7 Å². The normalized spacial score (nSPS) is 13.8. The highest BCUT2D eigenvalue weighted by atomic mass is 35.5. The van der Waals surface area contributed by atoms with Crippen molar-refractivity contribution >= 4 is 51.0 Å². The van der Waals surface area contributed by atoms with Gasteiger partial charge in [0.25, 0.3) is 15.9 Å². The largest absolute Gasteiger partial charge is 0.494 e. The Bertz CT molecular complexity index is 1460. The van der Waals surface area contributed by atoms with Gasteiger partial charge in [0, 0.05) is 32.1 Å². The van der Waals surface area contributed by atoms with Crippen LogP contribution in [0.3, 0.4) is 0 Å². The highest BCUT2D eigenvalue weighted by Crippen LogP contribution is 2.39. The third kappa shape index (κ3) is 8.90. The molecule has 0 saturated heterocycles. The van der Waals surface area contributed by atoms with Crippen LogP contribution in [0.15, 0.2) is 35.2 Å². The number of likely N-dealkylation sites (N-methyl/N-ethyl adjacent to an activating group) is 2. The topological polar surface area (TPSA) is 114 Å². The van der Waals surface area contributed by atoms with Crippen LogP contribution in [0.4, 0.5) is 0 Å². The number of unbranched alkanes of at least 4 members (excludes halogenated alkanes) is 2. The predicted octanol–water partition coefficient (Wildman–Crippen LogP) is 6.21. The van der Waals surface area contributed by atoms with Gasteiger partial charge in [0.1, 0.15) is 10.6 Å². The molecule has 0 fully saturated rings. The number of amides is 2. The molecule has 45 heavy (non-hydrogen) atoms. The molecular formula is C32H43Cl2N3O7S. The van der Waals surface area contributed by atoms with Crippen LogP contribution >= 0.6 is 23.2 Å². The minimum Gasteiger partial charge on any atom is -0.494 e. The number of carbonyl (C=O) groups is 3. The lowest BCUT2D eigenvalue weighted by atomic mass is 9.96. The van der Waals surface area contributed by atoms with Gasteiger partial charge in [0.2, 0.25) is 5.91 Å². The Morgan fingerprint density at radius 3 is 2.22 bits per heavy atom. The fourth-order valence-electron chi connectivity index (χ4n) is 5.11. The molecule has 10 nitrogen and oxygen atoms in total. The maximum atomic E-state index is 13.4. The zero-order valence-electron chi connectivity index (χ0n) is 26.6. The summed E-state index contributed by atoms with van der Waals surface area (Å²) in [4.78, 5) is 42.6. The van der Waals surface area contributed by atoms with Gasteiger partial charge in [-0.2, -0.15) is 4.31 Å². The van der Waals surface area contributed by atoms with Crippen LogP contribution in [0.1, 0.15) is 92.5 Å². The van der Waals surface area contributed by atoms with E-state index in [1.165, 1.54) is 18.2 Å². The molecule has 0 bridgehead atoms. The fourth-order valence-corrected chi connectivity index (χ4v) is 7.13. The zero-order valence-corrected chi connectivity index (χ0v) is 28.9. The number of sulfonamides is 1. The molecule has 0 atom stereocenters. The second-order valence-electron chi connectivity index (χ2n) is 11.0. The number of halogens is 2. The van der Waals surface area contributed by atoms with Crippen LogP contribution in [0.5, 0.6) is 5.75 Å². The lowest BCUT2D eigenvalue weighted by Crippen LogP contribution is -2.38. The van der Waals surface area contributed by atoms with Crippen molar-refractivity contribution in [1.82, 2.24) is 14.1 Å². The van der Waals surface area contributed by atoms with Crippen LogP contribution in [0.25, 0.3) is 0 Å². The van der Waals surface area contributed by atoms with Crippen LogP contribution in [-0.2, 0) is 19.6 Å². The Balaban J connectivity index is 1.60. The molecule has 13 heteroatoms. The van der Waals surface area contributed by atoms with Crippen molar-refractivity contribution < 1.29 is 32.3 Å². The summed E-state index contributed by atoms with van der Waals surface area (Å²) in [6, 6.07) is 7.46. The average Bonchev–Trinajstić information content (AvgIpc) is 3.19. The van der Waals surface area contributed by atoms with Crippen LogP contribution < -0.4 is 4.74 Å². The second-order valence-corrected chi connectivity index (χ2v) is 13.7. The molecule has 2 amide bonds. The molecule has 1 aliphatic rings. The van der Waals surface area contributed by atoms with Crippen molar-refractivity contribution in [1.29, 1.82) is 0 Å². The first-order valence-corrected chi connectivity index (χ1v) is 17.6. The lowest BCUT2D eigenvalue weighted by molar-refractivity contribution is -0.131. The van der Waals surface area contributed by atoms with Gasteiger partial charge in [-0.3, -0.25) is 9.59 Å². The standard InChI is InChI=1S/C32H43Cl2N3O7S/c1-6-35(7-2)16-17-36(8-3)28(38)15-10-9-11-18-43-23-19-24(22(4)5)29-27(20-23)45(41,42)37(31(29)39)21-44-32(40)30-25(33)13-12-14-26(30)34/h12-14,19-20,22H,6-11,15-18,21H2,1-5H3. The lowest BCUT2D eigenvalue weighted by Gasteiger charge is -2.25. The minimum absolute atomic E-state index is 0.0316. The van der Waals surface area contributed by atoms with Crippen molar-refractivity contribution in [3.05, 3.63) is 57.1 Å². The van der Waals surface area contributed by atoms with E-state index < -0.39 is 28.6 Å². The first-order chi connectivity index (χ1) is 21.4. The fraction of sp³-hybridized carbons (Fsp3) is 0.531. The molecular weight excluding hydrogens is 641 g/mol. The molecule has 0 N–H and O–H groups in total. The third-order valence-corrected chi connectivity index (χ3v) is 10.2. The first-order valence-electron chi connectivity index (χ1n) is 15.4. The van der Waals surface area contributed by atoms with Crippen LogP contribution in [-0.4, -0.2) is 86.4 Å². The van der Waals surface area contributed by atoms with Gasteiger partial charge in [-0.05, 0) is 69.0 Å². The maximum Gasteiger partial charge on any atom is 0.342 e. The molecule has 1 heterocycles. The number of rotatable bonds is 17. The summed E-state index contributed by atoms with van der Waals surface area (Å²) >= 11 is 12.1. The number of ether oxygens (including phenoxy) is 2. The quantitative estimate of drug-likeness (QED) is 0.143. The summed E-state index contributed by atoms with van der Waals surface area (Å²) in [5.41, 5.74) is 0.418. The molecule has 0 aliphatic carbocycles. The third-order valence-electron chi connectivity index (χ3n) is 7.84. The summed E-state index contributed by atoms with van der Waals surface area (Å²) < 4.78 is 38.5. The first kappa shape index (κ1) is 36.6. The molecule has 1 aliphatic heterocycles. The van der Waals surface area contributed by atoms with Gasteiger partial charge in [-0.15, -0.1) is 0 Å². The van der Waals surface area contributed by atoms with E-state index in [0.29, 0.717) is 41.6 Å². The van der Waals surface area contributed by atoms with Crippen LogP contribution in [0.2, 0.25) is 10.0 Å². The molecule has 3 rings (SSSR count). The van der Waals surface area contributed by atoms with Gasteiger partial charge < -0.3 is 19.3 Å². The Hall–Kier alpha value is -2.86. The molecule has 248 valence electrons. The summed E-state index contributed by atoms with van der Waals surface area (Å²) in [6.45, 7) is 13.6. The maximum absolute atomic E-state index is 13.4. The van der Waals surface area contributed by atoms with E-state index in [-0.39, 0.29) is 37.9 Å². The summed E-state index contributed by atoms with van der Waals surface area (Å²) in [7, 11) is -4.33. The van der Waals surface area contributed by atoms with Gasteiger partial charge >= 0.3 is 5.97 Å². The Morgan fingerprint density at radius 2 is 1.62 bits per heavy atom. The van der Waals surface area contributed by atoms with E-state index in [2.05, 4.69) is 18.7 Å². The van der Waals surface area contributed by atoms with Crippen molar-refractivity contribution in [3.8, 4) is 5.75 Å². The Labute approximate surface area is 276 Å². The molecule has 0 saturated carbocycles. The smallest absolute Gasteiger partial charge is 0.342 e. The molecule has 2 aromatic carbocycles. The number of carbonyl (C=O) groups excluding carboxylic acids is 3. The van der Waals surface area contributed by atoms with E-state index >= 15 is 0 Å². The number of benzene rings is 2. The summed E-state index contributed by atoms with van der Waals surface area (Å²) in [5, 5.41) is 0.0753. The summed E-state index contributed by atoms with van der Waals surface area (Å²) in [5.74, 6) is -1.48. The van der Waals surface area contributed by atoms with Crippen molar-refractivity contribution in [2.45, 2.75) is 71.1 Å². The summed E-state index contributed by atoms with van der Waals surface area (Å²) in [6.07, 6.45) is 2.63. The number of esters is 1. The molecule has 0 aromatic heterocycles. The van der Waals surface area contributed by atoms with Crippen LogP contribution in [0, 0.1) is 0 Å². The average molecular weight is 685 g/mol. The van der Waals surface area contributed by atoms with Gasteiger partial charge in [0.05, 0.1) is 27.8 Å². The number of hydrogen-bond acceptors (Lipinski definition) is 8. The van der Waals surface area contributed by atoms with E-state index in [9.17, 15) is 22.8 Å². The van der Waals surface area contributed by atoms with Crippen molar-refractivity contribution in [3.63, 3.8) is 0 Å². The molecule has 0 spiro atoms. The molecule has 0 unspecified atom stereocenters. The number of fused-ring (bicyclic) bond motifs is 1. The van der Waals surface area contributed by atoms with Gasteiger partial charge in [-0.1, -0.05) is 57.0 Å². The number of nitrogens with zero attached hydrogens (tertiary/aromatic N) is 3.